The van der Waals surface area contributed by atoms with E-state index in [-0.39, 0.29) is 18.5 Å². The molecule has 28 heavy (non-hydrogen) atoms. The maximum Gasteiger partial charge on any atom is 0.340 e. The molecule has 4 rings (SSSR count). The van der Waals surface area contributed by atoms with Crippen LogP contribution in [0.5, 0.6) is 0 Å². The molecular weight excluding hydrogens is 352 g/mol. The van der Waals surface area contributed by atoms with E-state index in [1.165, 1.54) is 18.2 Å². The van der Waals surface area contributed by atoms with Gasteiger partial charge >= 0.3 is 5.97 Å². The van der Waals surface area contributed by atoms with Crippen LogP contribution in [0.25, 0.3) is 10.9 Å². The molecule has 0 saturated heterocycles. The van der Waals surface area contributed by atoms with Crippen LogP contribution in [0.3, 0.4) is 0 Å². The van der Waals surface area contributed by atoms with Crippen molar-refractivity contribution in [1.82, 2.24) is 9.47 Å². The van der Waals surface area contributed by atoms with E-state index in [1.54, 1.807) is 6.20 Å². The largest absolute Gasteiger partial charge is 0.465 e. The maximum atomic E-state index is 13.1. The van der Waals surface area contributed by atoms with Crippen molar-refractivity contribution < 1.29 is 14.3 Å². The number of benzene rings is 2. The third kappa shape index (κ3) is 3.17. The van der Waals surface area contributed by atoms with E-state index < -0.39 is 5.97 Å². The summed E-state index contributed by atoms with van der Waals surface area (Å²) in [5.41, 5.74) is 3.92. The van der Waals surface area contributed by atoms with E-state index >= 15 is 0 Å². The van der Waals surface area contributed by atoms with Gasteiger partial charge in [-0.1, -0.05) is 42.5 Å². The molecule has 5 heteroatoms. The van der Waals surface area contributed by atoms with Gasteiger partial charge in [0.05, 0.1) is 18.7 Å². The molecule has 1 aliphatic carbocycles. The molecule has 1 atom stereocenters. The minimum Gasteiger partial charge on any atom is -0.465 e. The molecule has 0 spiro atoms. The molecular formula is C23H24N2O3. The summed E-state index contributed by atoms with van der Waals surface area (Å²) in [5.74, 6) is -0.365. The number of rotatable bonds is 4. The first-order chi connectivity index (χ1) is 13.6. The van der Waals surface area contributed by atoms with E-state index in [2.05, 4.69) is 18.2 Å². The molecule has 0 N–H and O–H groups in total. The molecule has 1 amide bonds. The van der Waals surface area contributed by atoms with Crippen LogP contribution in [0.2, 0.25) is 0 Å². The Morgan fingerprint density at radius 2 is 1.89 bits per heavy atom. The highest BCUT2D eigenvalue weighted by molar-refractivity contribution is 6.04. The predicted molar refractivity (Wildman–Crippen MR) is 108 cm³/mol. The van der Waals surface area contributed by atoms with E-state index in [1.807, 2.05) is 46.8 Å². The standard InChI is InChI=1S/C23H24N2O3/c1-24(20-13-7-9-16-8-3-4-10-17(16)20)22(26)15-25-14-19(23(27)28-2)18-11-5-6-12-21(18)25/h3-6,8,10-12,14,20H,7,9,13,15H2,1-2H3. The van der Waals surface area contributed by atoms with Gasteiger partial charge in [0, 0.05) is 24.1 Å². The number of methoxy groups -OCH3 is 1. The summed E-state index contributed by atoms with van der Waals surface area (Å²) in [6, 6.07) is 16.1. The highest BCUT2D eigenvalue weighted by Gasteiger charge is 2.27. The zero-order valence-electron chi connectivity index (χ0n) is 16.2. The number of para-hydroxylation sites is 1. The Balaban J connectivity index is 1.62. The van der Waals surface area contributed by atoms with E-state index in [0.717, 1.165) is 30.2 Å². The minimum atomic E-state index is -0.392. The number of amides is 1. The number of carbonyl (C=O) groups is 2. The summed E-state index contributed by atoms with van der Waals surface area (Å²) in [7, 11) is 3.25. The van der Waals surface area contributed by atoms with Gasteiger partial charge in [0.25, 0.3) is 0 Å². The lowest BCUT2D eigenvalue weighted by Gasteiger charge is -2.33. The summed E-state index contributed by atoms with van der Waals surface area (Å²) in [6.45, 7) is 0.187. The number of aryl methyl sites for hydroxylation is 1. The summed E-state index contributed by atoms with van der Waals surface area (Å²) in [4.78, 5) is 27.1. The van der Waals surface area contributed by atoms with E-state index in [0.29, 0.717) is 5.56 Å². The van der Waals surface area contributed by atoms with Gasteiger partial charge in [0.2, 0.25) is 5.91 Å². The lowest BCUT2D eigenvalue weighted by atomic mass is 9.87. The van der Waals surface area contributed by atoms with Gasteiger partial charge in [-0.15, -0.1) is 0 Å². The van der Waals surface area contributed by atoms with Crippen LogP contribution in [0.15, 0.2) is 54.7 Å². The fraction of sp³-hybridized carbons (Fsp3) is 0.304. The van der Waals surface area contributed by atoms with Crippen LogP contribution in [-0.4, -0.2) is 35.5 Å². The van der Waals surface area contributed by atoms with Crippen molar-refractivity contribution >= 4 is 22.8 Å². The third-order valence-electron chi connectivity index (χ3n) is 5.70. The number of ether oxygens (including phenoxy) is 1. The summed E-state index contributed by atoms with van der Waals surface area (Å²) >= 11 is 0. The second kappa shape index (κ2) is 7.50. The summed E-state index contributed by atoms with van der Waals surface area (Å²) in [6.07, 6.45) is 4.84. The number of esters is 1. The second-order valence-corrected chi connectivity index (χ2v) is 7.29. The number of aromatic nitrogens is 1. The Hall–Kier alpha value is -3.08. The molecule has 1 aliphatic rings. The Labute approximate surface area is 164 Å². The first kappa shape index (κ1) is 18.3. The number of likely N-dealkylation sites (N-methyl/N-ethyl adjacent to an activating group) is 1. The quantitative estimate of drug-likeness (QED) is 0.648. The molecule has 0 aliphatic heterocycles. The number of fused-ring (bicyclic) bond motifs is 2. The Morgan fingerprint density at radius 3 is 2.71 bits per heavy atom. The van der Waals surface area contributed by atoms with Crippen molar-refractivity contribution in [2.24, 2.45) is 0 Å². The average Bonchev–Trinajstić information content (AvgIpc) is 3.10. The first-order valence-corrected chi connectivity index (χ1v) is 9.60. The van der Waals surface area contributed by atoms with Crippen LogP contribution in [0.4, 0.5) is 0 Å². The van der Waals surface area contributed by atoms with Gasteiger partial charge in [0.15, 0.2) is 0 Å². The van der Waals surface area contributed by atoms with Crippen molar-refractivity contribution in [2.45, 2.75) is 31.8 Å². The fourth-order valence-electron chi connectivity index (χ4n) is 4.21. The molecule has 1 heterocycles. The van der Waals surface area contributed by atoms with Gasteiger partial charge in [0.1, 0.15) is 6.54 Å². The van der Waals surface area contributed by atoms with Crippen LogP contribution in [0, 0.1) is 0 Å². The highest BCUT2D eigenvalue weighted by atomic mass is 16.5. The highest BCUT2D eigenvalue weighted by Crippen LogP contribution is 2.33. The smallest absolute Gasteiger partial charge is 0.340 e. The van der Waals surface area contributed by atoms with Crippen molar-refractivity contribution in [3.05, 3.63) is 71.4 Å². The summed E-state index contributed by atoms with van der Waals surface area (Å²) in [5, 5.41) is 0.799. The van der Waals surface area contributed by atoms with Crippen molar-refractivity contribution in [1.29, 1.82) is 0 Å². The lowest BCUT2D eigenvalue weighted by Crippen LogP contribution is -2.35. The molecule has 0 radical (unpaired) electrons. The van der Waals surface area contributed by atoms with Crippen LogP contribution >= 0.6 is 0 Å². The van der Waals surface area contributed by atoms with Crippen molar-refractivity contribution in [3.63, 3.8) is 0 Å². The molecule has 1 aromatic heterocycles. The molecule has 1 unspecified atom stereocenters. The Kier molecular flexibility index (Phi) is 4.90. The Morgan fingerprint density at radius 1 is 1.14 bits per heavy atom. The SMILES string of the molecule is COC(=O)c1cn(CC(=O)N(C)C2CCCc3ccccc32)c2ccccc12. The normalized spacial score (nSPS) is 15.9. The fourth-order valence-corrected chi connectivity index (χ4v) is 4.21. The van der Waals surface area contributed by atoms with Crippen molar-refractivity contribution in [3.8, 4) is 0 Å². The van der Waals surface area contributed by atoms with E-state index in [4.69, 9.17) is 4.74 Å². The molecule has 0 saturated carbocycles. The van der Waals surface area contributed by atoms with Crippen LogP contribution in [0.1, 0.15) is 40.4 Å². The molecule has 2 aromatic carbocycles. The van der Waals surface area contributed by atoms with Crippen LogP contribution < -0.4 is 0 Å². The van der Waals surface area contributed by atoms with Crippen LogP contribution in [-0.2, 0) is 22.5 Å². The monoisotopic (exact) mass is 376 g/mol. The molecule has 0 bridgehead atoms. The maximum absolute atomic E-state index is 13.1. The summed E-state index contributed by atoms with van der Waals surface area (Å²) < 4.78 is 6.74. The zero-order valence-corrected chi connectivity index (χ0v) is 16.2. The third-order valence-corrected chi connectivity index (χ3v) is 5.70. The van der Waals surface area contributed by atoms with Crippen molar-refractivity contribution in [2.75, 3.05) is 14.2 Å². The molecule has 144 valence electrons. The van der Waals surface area contributed by atoms with Gasteiger partial charge in [-0.2, -0.15) is 0 Å². The number of hydrogen-bond acceptors (Lipinski definition) is 3. The average molecular weight is 376 g/mol. The number of hydrogen-bond donors (Lipinski definition) is 0. The molecule has 3 aromatic rings. The van der Waals surface area contributed by atoms with E-state index in [9.17, 15) is 9.59 Å². The van der Waals surface area contributed by atoms with Gasteiger partial charge in [-0.3, -0.25) is 4.79 Å². The predicted octanol–water partition coefficient (Wildman–Crippen LogP) is 3.96. The Bertz CT molecular complexity index is 1040. The topological polar surface area (TPSA) is 51.5 Å². The number of carbonyl (C=O) groups excluding carboxylic acids is 2. The van der Waals surface area contributed by atoms with Gasteiger partial charge < -0.3 is 14.2 Å². The second-order valence-electron chi connectivity index (χ2n) is 7.29. The molecule has 5 nitrogen and oxygen atoms in total. The minimum absolute atomic E-state index is 0.0267. The van der Waals surface area contributed by atoms with Gasteiger partial charge in [-0.25, -0.2) is 4.79 Å². The lowest BCUT2D eigenvalue weighted by molar-refractivity contribution is -0.133. The number of nitrogens with zero attached hydrogens (tertiary/aromatic N) is 2. The van der Waals surface area contributed by atoms with Gasteiger partial charge in [-0.05, 0) is 36.5 Å². The first-order valence-electron chi connectivity index (χ1n) is 9.60. The zero-order chi connectivity index (χ0) is 19.7. The molecule has 0 fully saturated rings.